The highest BCUT2D eigenvalue weighted by Crippen LogP contribution is 2.42. The van der Waals surface area contributed by atoms with E-state index in [2.05, 4.69) is 65.1 Å². The van der Waals surface area contributed by atoms with Crippen LogP contribution >= 0.6 is 11.6 Å². The van der Waals surface area contributed by atoms with Crippen molar-refractivity contribution >= 4 is 11.6 Å². The molecule has 0 amide bonds. The smallest absolute Gasteiger partial charge is 0.215 e. The maximum Gasteiger partial charge on any atom is 0.215 e. The second kappa shape index (κ2) is 8.92. The third kappa shape index (κ3) is 4.72. The molecule has 1 aromatic carbocycles. The van der Waals surface area contributed by atoms with Gasteiger partial charge in [-0.25, -0.2) is 14.3 Å². The lowest BCUT2D eigenvalue weighted by atomic mass is 9.84. The molecule has 3 atom stereocenters. The van der Waals surface area contributed by atoms with Crippen LogP contribution in [0.4, 0.5) is 0 Å². The fourth-order valence-electron chi connectivity index (χ4n) is 3.59. The van der Waals surface area contributed by atoms with Gasteiger partial charge in [0.1, 0.15) is 24.4 Å². The van der Waals surface area contributed by atoms with Gasteiger partial charge in [0.05, 0.1) is 5.54 Å². The van der Waals surface area contributed by atoms with Crippen molar-refractivity contribution < 1.29 is 4.74 Å². The fraction of sp³-hybridized carbons (Fsp3) is 0.571. The molecule has 0 saturated heterocycles. The van der Waals surface area contributed by atoms with Crippen molar-refractivity contribution in [2.75, 3.05) is 14.1 Å². The first-order chi connectivity index (χ1) is 14.6. The summed E-state index contributed by atoms with van der Waals surface area (Å²) in [4.78, 5) is 6.28. The van der Waals surface area contributed by atoms with E-state index in [-0.39, 0.29) is 17.0 Å². The molecule has 2 aromatic heterocycles. The van der Waals surface area contributed by atoms with Gasteiger partial charge in [-0.3, -0.25) is 4.90 Å². The molecule has 0 N–H and O–H groups in total. The normalized spacial score (nSPS) is 16.2. The number of tetrazole rings is 1. The summed E-state index contributed by atoms with van der Waals surface area (Å²) < 4.78 is 10.0. The van der Waals surface area contributed by atoms with Crippen LogP contribution in [0.5, 0.6) is 5.75 Å². The van der Waals surface area contributed by atoms with Crippen LogP contribution in [0.15, 0.2) is 36.9 Å². The Morgan fingerprint density at radius 2 is 1.81 bits per heavy atom. The van der Waals surface area contributed by atoms with E-state index in [4.69, 9.17) is 16.3 Å². The van der Waals surface area contributed by atoms with Crippen LogP contribution in [0.2, 0.25) is 5.02 Å². The summed E-state index contributed by atoms with van der Waals surface area (Å²) in [5.41, 5.74) is -0.645. The summed E-state index contributed by atoms with van der Waals surface area (Å²) in [7, 11) is 4.07. The van der Waals surface area contributed by atoms with Crippen LogP contribution in [0, 0.1) is 5.41 Å². The van der Waals surface area contributed by atoms with Gasteiger partial charge in [0.2, 0.25) is 6.23 Å². The van der Waals surface area contributed by atoms with Gasteiger partial charge in [0.25, 0.3) is 0 Å². The van der Waals surface area contributed by atoms with Crippen molar-refractivity contribution in [3.63, 3.8) is 0 Å². The highest BCUT2D eigenvalue weighted by Gasteiger charge is 2.43. The van der Waals surface area contributed by atoms with Crippen LogP contribution in [0.3, 0.4) is 0 Å². The van der Waals surface area contributed by atoms with Gasteiger partial charge in [-0.1, -0.05) is 39.3 Å². The first-order valence-corrected chi connectivity index (χ1v) is 10.7. The van der Waals surface area contributed by atoms with Crippen LogP contribution in [-0.2, 0) is 5.54 Å². The molecule has 3 aromatic rings. The minimum atomic E-state index is -0.547. The Bertz CT molecular complexity index is 964. The monoisotopic (exact) mass is 446 g/mol. The zero-order valence-electron chi connectivity index (χ0n) is 19.2. The number of benzene rings is 1. The van der Waals surface area contributed by atoms with Gasteiger partial charge in [-0.2, -0.15) is 5.10 Å². The largest absolute Gasteiger partial charge is 0.466 e. The zero-order valence-corrected chi connectivity index (χ0v) is 19.9. The number of rotatable bonds is 8. The molecule has 3 rings (SSSR count). The van der Waals surface area contributed by atoms with E-state index in [0.717, 1.165) is 12.2 Å². The summed E-state index contributed by atoms with van der Waals surface area (Å²) >= 11 is 6.06. The summed E-state index contributed by atoms with van der Waals surface area (Å²) in [6.45, 7) is 10.7. The number of aromatic nitrogens is 7. The van der Waals surface area contributed by atoms with Crippen molar-refractivity contribution in [2.45, 2.75) is 58.8 Å². The molecular formula is C21H31ClN8O. The summed E-state index contributed by atoms with van der Waals surface area (Å²) in [5.74, 6) is 1.43. The molecule has 0 aliphatic rings. The van der Waals surface area contributed by atoms with Gasteiger partial charge in [0.15, 0.2) is 5.82 Å². The molecule has 0 unspecified atom stereocenters. The minimum absolute atomic E-state index is 0.284. The minimum Gasteiger partial charge on any atom is -0.466 e. The van der Waals surface area contributed by atoms with E-state index in [1.54, 1.807) is 23.1 Å². The molecule has 0 saturated carbocycles. The van der Waals surface area contributed by atoms with E-state index >= 15 is 0 Å². The number of hydrogen-bond donors (Lipinski definition) is 0. The second-order valence-electron chi connectivity index (χ2n) is 9.12. The summed E-state index contributed by atoms with van der Waals surface area (Å²) in [6.07, 6.45) is 3.43. The van der Waals surface area contributed by atoms with Crippen LogP contribution in [0.25, 0.3) is 0 Å². The third-order valence-corrected chi connectivity index (χ3v) is 6.09. The van der Waals surface area contributed by atoms with Gasteiger partial charge in [-0.15, -0.1) is 5.10 Å². The summed E-state index contributed by atoms with van der Waals surface area (Å²) in [5, 5.41) is 18.0. The average Bonchev–Trinajstić information content (AvgIpc) is 3.39. The van der Waals surface area contributed by atoms with Crippen molar-refractivity contribution in [2.24, 2.45) is 5.41 Å². The maximum absolute atomic E-state index is 6.46. The van der Waals surface area contributed by atoms with Gasteiger partial charge in [0, 0.05) is 5.02 Å². The Kier molecular flexibility index (Phi) is 6.66. The van der Waals surface area contributed by atoms with Gasteiger partial charge in [-0.05, 0) is 67.5 Å². The Morgan fingerprint density at radius 1 is 1.13 bits per heavy atom. The average molecular weight is 447 g/mol. The van der Waals surface area contributed by atoms with E-state index in [0.29, 0.717) is 10.8 Å². The first-order valence-electron chi connectivity index (χ1n) is 10.3. The van der Waals surface area contributed by atoms with E-state index in [1.807, 2.05) is 30.9 Å². The highest BCUT2D eigenvalue weighted by molar-refractivity contribution is 6.30. The molecule has 0 spiro atoms. The number of nitrogens with zero attached hydrogens (tertiary/aromatic N) is 8. The molecule has 0 aliphatic carbocycles. The molecule has 10 heteroatoms. The molecule has 168 valence electrons. The fourth-order valence-corrected chi connectivity index (χ4v) is 3.72. The van der Waals surface area contributed by atoms with Crippen molar-refractivity contribution in [1.29, 1.82) is 0 Å². The molecule has 2 heterocycles. The van der Waals surface area contributed by atoms with Crippen molar-refractivity contribution in [3.8, 4) is 5.75 Å². The molecule has 0 bridgehead atoms. The molecule has 31 heavy (non-hydrogen) atoms. The zero-order chi connectivity index (χ0) is 22.8. The molecule has 0 aliphatic heterocycles. The Labute approximate surface area is 188 Å². The SMILES string of the molecule is CC[C@@](C)(c1nnnn1[C@H]([C@H](Oc1ccc(Cl)cc1)n1cncn1)C(C)(C)C)N(C)C. The number of ether oxygens (including phenoxy) is 1. The van der Waals surface area contributed by atoms with Crippen LogP contribution in [-0.4, -0.2) is 54.0 Å². The molecular weight excluding hydrogens is 416 g/mol. The molecule has 0 fully saturated rings. The number of hydrogen-bond acceptors (Lipinski definition) is 7. The standard InChI is InChI=1S/C21H31ClN8O/c1-8-21(5,28(6)7)19-25-26-27-30(19)17(20(2,3)4)18(29-14-23-13-24-29)31-16-11-9-15(22)10-12-16/h9-14,17-18H,8H2,1-7H3/t17-,18+,21+/m1/s1. The van der Waals surface area contributed by atoms with Crippen LogP contribution < -0.4 is 4.74 Å². The lowest BCUT2D eigenvalue weighted by Gasteiger charge is -2.40. The topological polar surface area (TPSA) is 86.8 Å². The maximum atomic E-state index is 6.46. The van der Waals surface area contributed by atoms with Gasteiger partial charge >= 0.3 is 0 Å². The Morgan fingerprint density at radius 3 is 2.32 bits per heavy atom. The van der Waals surface area contributed by atoms with E-state index in [9.17, 15) is 0 Å². The molecule has 9 nitrogen and oxygen atoms in total. The lowest BCUT2D eigenvalue weighted by molar-refractivity contribution is -0.00543. The van der Waals surface area contributed by atoms with Gasteiger partial charge < -0.3 is 4.74 Å². The van der Waals surface area contributed by atoms with Crippen molar-refractivity contribution in [1.82, 2.24) is 39.9 Å². The van der Waals surface area contributed by atoms with Crippen molar-refractivity contribution in [3.05, 3.63) is 47.8 Å². The van der Waals surface area contributed by atoms with Crippen LogP contribution in [0.1, 0.15) is 59.1 Å². The Hall–Kier alpha value is -2.52. The first kappa shape index (κ1) is 23.1. The Balaban J connectivity index is 2.15. The second-order valence-corrected chi connectivity index (χ2v) is 9.55. The summed E-state index contributed by atoms with van der Waals surface area (Å²) in [6, 6.07) is 6.97. The lowest BCUT2D eigenvalue weighted by Crippen LogP contribution is -2.44. The predicted octanol–water partition coefficient (Wildman–Crippen LogP) is 3.97. The quantitative estimate of drug-likeness (QED) is 0.517. The number of halogens is 1. The van der Waals surface area contributed by atoms with E-state index in [1.165, 1.54) is 6.33 Å². The highest BCUT2D eigenvalue weighted by atomic mass is 35.5. The third-order valence-electron chi connectivity index (χ3n) is 5.84. The molecule has 0 radical (unpaired) electrons. The van der Waals surface area contributed by atoms with E-state index < -0.39 is 6.23 Å². The predicted molar refractivity (Wildman–Crippen MR) is 119 cm³/mol.